The zero-order chi connectivity index (χ0) is 15.8. The van der Waals surface area contributed by atoms with Crippen LogP contribution in [0.5, 0.6) is 0 Å². The lowest BCUT2D eigenvalue weighted by Gasteiger charge is -2.23. The highest BCUT2D eigenvalue weighted by Gasteiger charge is 2.25. The first-order valence-electron chi connectivity index (χ1n) is 7.73. The summed E-state index contributed by atoms with van der Waals surface area (Å²) in [5.41, 5.74) is 4.08. The predicted octanol–water partition coefficient (Wildman–Crippen LogP) is 4.02. The number of pyridine rings is 1. The lowest BCUT2D eigenvalue weighted by Crippen LogP contribution is -2.31. The molecule has 1 atom stereocenters. The van der Waals surface area contributed by atoms with Crippen molar-refractivity contribution < 1.29 is 4.79 Å². The topological polar surface area (TPSA) is 57.8 Å². The van der Waals surface area contributed by atoms with Gasteiger partial charge in [0.15, 0.2) is 0 Å². The van der Waals surface area contributed by atoms with E-state index in [9.17, 15) is 4.79 Å². The van der Waals surface area contributed by atoms with Crippen LogP contribution in [0.15, 0.2) is 42.7 Å². The predicted molar refractivity (Wildman–Crippen MR) is 90.7 cm³/mol. The minimum absolute atomic E-state index is 0.00518. The number of benzene rings is 1. The number of fused-ring (bicyclic) bond motifs is 3. The van der Waals surface area contributed by atoms with Crippen molar-refractivity contribution in [3.63, 3.8) is 0 Å². The molecule has 2 heterocycles. The molecule has 2 aromatic heterocycles. The summed E-state index contributed by atoms with van der Waals surface area (Å²) in [7, 11) is 0. The van der Waals surface area contributed by atoms with Crippen molar-refractivity contribution in [2.45, 2.75) is 25.3 Å². The highest BCUT2D eigenvalue weighted by atomic mass is 35.5. The third-order valence-corrected chi connectivity index (χ3v) is 4.65. The minimum atomic E-state index is -0.0676. The van der Waals surface area contributed by atoms with Gasteiger partial charge in [-0.1, -0.05) is 11.6 Å². The Morgan fingerprint density at radius 1 is 1.26 bits per heavy atom. The molecule has 1 aliphatic rings. The minimum Gasteiger partial charge on any atom is -0.356 e. The maximum Gasteiger partial charge on any atom is 0.251 e. The fourth-order valence-corrected chi connectivity index (χ4v) is 3.50. The van der Waals surface area contributed by atoms with Gasteiger partial charge in [0.25, 0.3) is 5.91 Å². The van der Waals surface area contributed by atoms with E-state index in [4.69, 9.17) is 11.6 Å². The van der Waals surface area contributed by atoms with E-state index in [2.05, 4.69) is 15.3 Å². The third kappa shape index (κ3) is 2.59. The molecule has 5 heteroatoms. The smallest absolute Gasteiger partial charge is 0.251 e. The maximum absolute atomic E-state index is 12.4. The molecule has 3 aromatic rings. The third-order valence-electron chi connectivity index (χ3n) is 4.42. The Kier molecular flexibility index (Phi) is 3.54. The van der Waals surface area contributed by atoms with E-state index in [0.29, 0.717) is 5.56 Å². The quantitative estimate of drug-likeness (QED) is 0.747. The molecule has 0 fully saturated rings. The molecular formula is C18H16ClN3O. The van der Waals surface area contributed by atoms with Crippen molar-refractivity contribution in [1.29, 1.82) is 0 Å². The second-order valence-electron chi connectivity index (χ2n) is 5.86. The van der Waals surface area contributed by atoms with Crippen LogP contribution in [0.4, 0.5) is 0 Å². The van der Waals surface area contributed by atoms with Gasteiger partial charge in [0.1, 0.15) is 0 Å². The molecule has 0 bridgehead atoms. The average Bonchev–Trinajstić information content (AvgIpc) is 2.95. The summed E-state index contributed by atoms with van der Waals surface area (Å²) in [4.78, 5) is 19.8. The molecular weight excluding hydrogens is 310 g/mol. The van der Waals surface area contributed by atoms with Gasteiger partial charge in [-0.3, -0.25) is 9.78 Å². The largest absolute Gasteiger partial charge is 0.356 e. The molecule has 1 amide bonds. The van der Waals surface area contributed by atoms with Gasteiger partial charge in [-0.25, -0.2) is 0 Å². The zero-order valence-electron chi connectivity index (χ0n) is 12.5. The number of halogens is 1. The highest BCUT2D eigenvalue weighted by Crippen LogP contribution is 2.35. The molecule has 116 valence electrons. The lowest BCUT2D eigenvalue weighted by atomic mass is 9.91. The normalized spacial score (nSPS) is 17.0. The average molecular weight is 326 g/mol. The number of carbonyl (C=O) groups is 1. The number of nitrogens with one attached hydrogen (secondary N) is 2. The fraction of sp³-hybridized carbons (Fsp3) is 0.222. The summed E-state index contributed by atoms with van der Waals surface area (Å²) in [6, 6.07) is 9.34. The summed E-state index contributed by atoms with van der Waals surface area (Å²) in [6.07, 6.45) is 6.26. The first-order valence-corrected chi connectivity index (χ1v) is 8.11. The number of nitrogens with zero attached hydrogens (tertiary/aromatic N) is 1. The van der Waals surface area contributed by atoms with Gasteiger partial charge in [0.05, 0.1) is 6.04 Å². The van der Waals surface area contributed by atoms with E-state index in [1.807, 2.05) is 18.2 Å². The number of hydrogen-bond acceptors (Lipinski definition) is 2. The molecule has 0 unspecified atom stereocenters. The Balaban J connectivity index is 1.68. The number of amides is 1. The molecule has 1 aliphatic carbocycles. The van der Waals surface area contributed by atoms with E-state index in [-0.39, 0.29) is 11.9 Å². The second kappa shape index (κ2) is 5.70. The standard InChI is InChI=1S/C18H16ClN3O/c19-12-4-5-15-14(10-12)13-2-1-3-16(17(13)21-15)22-18(23)11-6-8-20-9-7-11/h4-10,16,21H,1-3H2,(H,22,23)/t16-/m0/s1. The van der Waals surface area contributed by atoms with Crippen molar-refractivity contribution in [3.05, 3.63) is 64.6 Å². The Morgan fingerprint density at radius 3 is 2.91 bits per heavy atom. The Bertz CT molecular complexity index is 873. The van der Waals surface area contributed by atoms with E-state index in [1.54, 1.807) is 24.5 Å². The van der Waals surface area contributed by atoms with Crippen molar-refractivity contribution in [2.75, 3.05) is 0 Å². The van der Waals surface area contributed by atoms with Crippen molar-refractivity contribution in [3.8, 4) is 0 Å². The Labute approximate surface area is 138 Å². The van der Waals surface area contributed by atoms with Gasteiger partial charge in [-0.15, -0.1) is 0 Å². The number of H-pyrrole nitrogens is 1. The number of carbonyl (C=O) groups excluding carboxylic acids is 1. The summed E-state index contributed by atoms with van der Waals surface area (Å²) in [5.74, 6) is -0.0676. The van der Waals surface area contributed by atoms with Crippen LogP contribution in [0, 0.1) is 0 Å². The monoisotopic (exact) mass is 325 g/mol. The van der Waals surface area contributed by atoms with Crippen molar-refractivity contribution in [2.24, 2.45) is 0 Å². The molecule has 0 saturated carbocycles. The van der Waals surface area contributed by atoms with Crippen LogP contribution in [0.3, 0.4) is 0 Å². The number of aromatic amines is 1. The van der Waals surface area contributed by atoms with Gasteiger partial charge in [-0.05, 0) is 55.2 Å². The molecule has 0 spiro atoms. The Hall–Kier alpha value is -2.33. The van der Waals surface area contributed by atoms with Gasteiger partial charge in [-0.2, -0.15) is 0 Å². The van der Waals surface area contributed by atoms with Crippen molar-refractivity contribution in [1.82, 2.24) is 15.3 Å². The molecule has 4 rings (SSSR count). The molecule has 1 aromatic carbocycles. The van der Waals surface area contributed by atoms with Gasteiger partial charge in [0, 0.05) is 39.6 Å². The van der Waals surface area contributed by atoms with Gasteiger partial charge in [0.2, 0.25) is 0 Å². The van der Waals surface area contributed by atoms with Crippen LogP contribution in [-0.4, -0.2) is 15.9 Å². The summed E-state index contributed by atoms with van der Waals surface area (Å²) in [5, 5.41) is 5.04. The number of rotatable bonds is 2. The summed E-state index contributed by atoms with van der Waals surface area (Å²) < 4.78 is 0. The van der Waals surface area contributed by atoms with Crippen LogP contribution < -0.4 is 5.32 Å². The Morgan fingerprint density at radius 2 is 2.09 bits per heavy atom. The molecule has 2 N–H and O–H groups in total. The zero-order valence-corrected chi connectivity index (χ0v) is 13.2. The molecule has 0 radical (unpaired) electrons. The molecule has 23 heavy (non-hydrogen) atoms. The van der Waals surface area contributed by atoms with Crippen LogP contribution in [-0.2, 0) is 6.42 Å². The maximum atomic E-state index is 12.4. The van der Waals surface area contributed by atoms with Crippen LogP contribution in [0.2, 0.25) is 5.02 Å². The lowest BCUT2D eigenvalue weighted by molar-refractivity contribution is 0.0932. The van der Waals surface area contributed by atoms with Crippen LogP contribution >= 0.6 is 11.6 Å². The number of aryl methyl sites for hydroxylation is 1. The second-order valence-corrected chi connectivity index (χ2v) is 6.30. The summed E-state index contributed by atoms with van der Waals surface area (Å²) >= 11 is 6.13. The first-order chi connectivity index (χ1) is 11.2. The van der Waals surface area contributed by atoms with E-state index < -0.39 is 0 Å². The van der Waals surface area contributed by atoms with Gasteiger partial charge >= 0.3 is 0 Å². The van der Waals surface area contributed by atoms with E-state index in [1.165, 1.54) is 5.56 Å². The van der Waals surface area contributed by atoms with Crippen molar-refractivity contribution >= 4 is 28.4 Å². The molecule has 0 aliphatic heterocycles. The van der Waals surface area contributed by atoms with Gasteiger partial charge < -0.3 is 10.3 Å². The fourth-order valence-electron chi connectivity index (χ4n) is 3.32. The van der Waals surface area contributed by atoms with Crippen LogP contribution in [0.25, 0.3) is 10.9 Å². The molecule has 4 nitrogen and oxygen atoms in total. The van der Waals surface area contributed by atoms with Crippen LogP contribution in [0.1, 0.15) is 40.5 Å². The SMILES string of the molecule is O=C(N[C@H]1CCCc2c1[nH]c1ccc(Cl)cc21)c1ccncc1. The van der Waals surface area contributed by atoms with E-state index >= 15 is 0 Å². The number of aromatic nitrogens is 2. The summed E-state index contributed by atoms with van der Waals surface area (Å²) in [6.45, 7) is 0. The van der Waals surface area contributed by atoms with E-state index in [0.717, 1.165) is 40.9 Å². The molecule has 0 saturated heterocycles. The highest BCUT2D eigenvalue weighted by molar-refractivity contribution is 6.31. The first kappa shape index (κ1) is 14.3. The number of hydrogen-bond donors (Lipinski definition) is 2.